The lowest BCUT2D eigenvalue weighted by atomic mass is 10.1. The van der Waals surface area contributed by atoms with E-state index in [4.69, 9.17) is 28.5 Å². The largest absolute Gasteiger partial charge is 0.340 e. The van der Waals surface area contributed by atoms with Crippen LogP contribution in [-0.4, -0.2) is 10.8 Å². The number of fused-ring (bicyclic) bond motifs is 1. The van der Waals surface area contributed by atoms with Gasteiger partial charge in [0.2, 0.25) is 0 Å². The van der Waals surface area contributed by atoms with Crippen molar-refractivity contribution in [3.8, 4) is 6.07 Å². The highest BCUT2D eigenvalue weighted by Gasteiger charge is 2.13. The molecule has 154 valence electrons. The summed E-state index contributed by atoms with van der Waals surface area (Å²) in [5, 5.41) is 15.8. The number of para-hydroxylation sites is 1. The van der Waals surface area contributed by atoms with Gasteiger partial charge in [-0.1, -0.05) is 59.6 Å². The second kappa shape index (κ2) is 9.26. The van der Waals surface area contributed by atoms with Gasteiger partial charge in [-0.05, 0) is 42.8 Å². The smallest absolute Gasteiger partial charge is 0.0991 e. The lowest BCUT2D eigenvalue weighted by Crippen LogP contribution is -2.07. The van der Waals surface area contributed by atoms with E-state index >= 15 is 0 Å². The molecule has 31 heavy (non-hydrogen) atoms. The first-order valence-corrected chi connectivity index (χ1v) is 10.6. The third-order valence-electron chi connectivity index (χ3n) is 5.31. The Labute approximate surface area is 191 Å². The van der Waals surface area contributed by atoms with Gasteiger partial charge in [0.05, 0.1) is 24.4 Å². The Bertz CT molecular complexity index is 1280. The number of halogens is 2. The summed E-state index contributed by atoms with van der Waals surface area (Å²) in [6.45, 7) is 3.25. The molecule has 4 nitrogen and oxygen atoms in total. The maximum atomic E-state index is 9.02. The Morgan fingerprint density at radius 2 is 1.71 bits per heavy atom. The van der Waals surface area contributed by atoms with Gasteiger partial charge in [0.1, 0.15) is 0 Å². The van der Waals surface area contributed by atoms with Crippen LogP contribution >= 0.6 is 23.2 Å². The standard InChI is InChI=1S/C25H20Cl2N4/c1-17-21(14-29-30-15-22-23(26)6-4-7-24(22)27)20-5-2-3-8-25(20)31(17)16-19-11-9-18(13-28)10-12-19/h2-12,14,30H,15-16H2,1H3/b29-14+. The van der Waals surface area contributed by atoms with Crippen molar-refractivity contribution < 1.29 is 0 Å². The van der Waals surface area contributed by atoms with E-state index in [9.17, 15) is 0 Å². The molecule has 0 atom stereocenters. The van der Waals surface area contributed by atoms with Gasteiger partial charge in [-0.25, -0.2) is 0 Å². The molecule has 0 unspecified atom stereocenters. The number of nitrogens with one attached hydrogen (secondary N) is 1. The van der Waals surface area contributed by atoms with Crippen LogP contribution in [0.4, 0.5) is 0 Å². The minimum atomic E-state index is 0.442. The van der Waals surface area contributed by atoms with Gasteiger partial charge in [-0.2, -0.15) is 10.4 Å². The van der Waals surface area contributed by atoms with Gasteiger partial charge in [0.25, 0.3) is 0 Å². The molecule has 0 bridgehead atoms. The molecule has 0 spiro atoms. The second-order valence-corrected chi connectivity index (χ2v) is 8.02. The van der Waals surface area contributed by atoms with Crippen LogP contribution in [0.15, 0.2) is 71.8 Å². The van der Waals surface area contributed by atoms with Crippen molar-refractivity contribution in [1.82, 2.24) is 9.99 Å². The molecule has 0 radical (unpaired) electrons. The van der Waals surface area contributed by atoms with E-state index in [-0.39, 0.29) is 0 Å². The van der Waals surface area contributed by atoms with E-state index in [1.807, 2.05) is 60.8 Å². The lowest BCUT2D eigenvalue weighted by molar-refractivity contribution is 0.748. The first-order chi connectivity index (χ1) is 15.1. The van der Waals surface area contributed by atoms with Gasteiger partial charge in [-0.3, -0.25) is 0 Å². The van der Waals surface area contributed by atoms with Crippen LogP contribution in [0.1, 0.15) is 27.9 Å². The fraction of sp³-hybridized carbons (Fsp3) is 0.120. The highest BCUT2D eigenvalue weighted by molar-refractivity contribution is 6.35. The molecule has 0 aliphatic carbocycles. The van der Waals surface area contributed by atoms with Gasteiger partial charge in [0.15, 0.2) is 0 Å². The van der Waals surface area contributed by atoms with E-state index < -0.39 is 0 Å². The zero-order chi connectivity index (χ0) is 21.8. The minimum absolute atomic E-state index is 0.442. The predicted molar refractivity (Wildman–Crippen MR) is 128 cm³/mol. The molecule has 1 aromatic heterocycles. The maximum absolute atomic E-state index is 9.02. The number of nitrogens with zero attached hydrogens (tertiary/aromatic N) is 3. The van der Waals surface area contributed by atoms with E-state index in [0.29, 0.717) is 28.7 Å². The van der Waals surface area contributed by atoms with Crippen LogP contribution in [0, 0.1) is 18.3 Å². The third kappa shape index (κ3) is 4.44. The minimum Gasteiger partial charge on any atom is -0.340 e. The zero-order valence-corrected chi connectivity index (χ0v) is 18.5. The number of benzene rings is 3. The summed E-state index contributed by atoms with van der Waals surface area (Å²) in [7, 11) is 0. The van der Waals surface area contributed by atoms with Crippen LogP contribution in [-0.2, 0) is 13.1 Å². The predicted octanol–water partition coefficient (Wildman–Crippen LogP) is 6.30. The Morgan fingerprint density at radius 3 is 2.42 bits per heavy atom. The summed E-state index contributed by atoms with van der Waals surface area (Å²) in [6.07, 6.45) is 1.84. The van der Waals surface area contributed by atoms with Crippen LogP contribution in [0.25, 0.3) is 10.9 Å². The number of hydrogen-bond acceptors (Lipinski definition) is 3. The molecule has 1 N–H and O–H groups in total. The van der Waals surface area contributed by atoms with Gasteiger partial charge < -0.3 is 9.99 Å². The average Bonchev–Trinajstić information content (AvgIpc) is 3.04. The number of rotatable bonds is 6. The summed E-state index contributed by atoms with van der Waals surface area (Å²) >= 11 is 12.5. The van der Waals surface area contributed by atoms with Crippen LogP contribution in [0.3, 0.4) is 0 Å². The Kier molecular flexibility index (Phi) is 6.27. The normalized spacial score (nSPS) is 11.2. The lowest BCUT2D eigenvalue weighted by Gasteiger charge is -2.09. The summed E-state index contributed by atoms with van der Waals surface area (Å²) in [5.41, 5.74) is 8.99. The van der Waals surface area contributed by atoms with E-state index in [1.54, 1.807) is 0 Å². The molecule has 0 fully saturated rings. The maximum Gasteiger partial charge on any atom is 0.0991 e. The van der Waals surface area contributed by atoms with Crippen molar-refractivity contribution in [3.05, 3.63) is 105 Å². The van der Waals surface area contributed by atoms with E-state index in [2.05, 4.69) is 40.2 Å². The molecule has 4 rings (SSSR count). The highest BCUT2D eigenvalue weighted by atomic mass is 35.5. The SMILES string of the molecule is Cc1c(/C=N/NCc2c(Cl)cccc2Cl)c2ccccc2n1Cc1ccc(C#N)cc1. The van der Waals surface area contributed by atoms with Crippen molar-refractivity contribution >= 4 is 40.3 Å². The molecule has 3 aromatic carbocycles. The quantitative estimate of drug-likeness (QED) is 0.279. The molecule has 0 saturated carbocycles. The monoisotopic (exact) mass is 446 g/mol. The van der Waals surface area contributed by atoms with Crippen molar-refractivity contribution in [1.29, 1.82) is 5.26 Å². The molecule has 1 heterocycles. The Balaban J connectivity index is 1.60. The van der Waals surface area contributed by atoms with Crippen LogP contribution in [0.2, 0.25) is 10.0 Å². The molecule has 4 aromatic rings. The van der Waals surface area contributed by atoms with E-state index in [1.165, 1.54) is 0 Å². The molecule has 6 heteroatoms. The molecule has 0 aliphatic heterocycles. The van der Waals surface area contributed by atoms with Crippen molar-refractivity contribution in [2.24, 2.45) is 5.10 Å². The molecule has 0 amide bonds. The van der Waals surface area contributed by atoms with Gasteiger partial charge >= 0.3 is 0 Å². The fourth-order valence-corrected chi connectivity index (χ4v) is 4.16. The summed E-state index contributed by atoms with van der Waals surface area (Å²) in [4.78, 5) is 0. The van der Waals surface area contributed by atoms with Crippen molar-refractivity contribution in [2.45, 2.75) is 20.0 Å². The summed E-state index contributed by atoms with van der Waals surface area (Å²) in [6, 6.07) is 23.6. The first kappa shape index (κ1) is 21.0. The first-order valence-electron chi connectivity index (χ1n) is 9.84. The summed E-state index contributed by atoms with van der Waals surface area (Å²) < 4.78 is 2.27. The molecular formula is C25H20Cl2N4. The number of hydrogen-bond donors (Lipinski definition) is 1. The van der Waals surface area contributed by atoms with Gasteiger partial charge in [-0.15, -0.1) is 0 Å². The van der Waals surface area contributed by atoms with Gasteiger partial charge in [0, 0.05) is 44.3 Å². The number of aromatic nitrogens is 1. The second-order valence-electron chi connectivity index (χ2n) is 7.20. The van der Waals surface area contributed by atoms with Crippen molar-refractivity contribution in [2.75, 3.05) is 0 Å². The Morgan fingerprint density at radius 1 is 1.00 bits per heavy atom. The molecule has 0 saturated heterocycles. The zero-order valence-electron chi connectivity index (χ0n) is 16.9. The number of nitriles is 1. The Hall–Kier alpha value is -3.26. The average molecular weight is 447 g/mol. The molecule has 0 aliphatic rings. The van der Waals surface area contributed by atoms with Crippen LogP contribution in [0.5, 0.6) is 0 Å². The van der Waals surface area contributed by atoms with E-state index in [0.717, 1.165) is 33.3 Å². The topological polar surface area (TPSA) is 53.1 Å². The molecular weight excluding hydrogens is 427 g/mol. The van der Waals surface area contributed by atoms with Crippen molar-refractivity contribution in [3.63, 3.8) is 0 Å². The number of hydrazone groups is 1. The highest BCUT2D eigenvalue weighted by Crippen LogP contribution is 2.26. The fourth-order valence-electron chi connectivity index (χ4n) is 3.63. The third-order valence-corrected chi connectivity index (χ3v) is 6.01. The van der Waals surface area contributed by atoms with Crippen LogP contribution < -0.4 is 5.43 Å². The summed E-state index contributed by atoms with van der Waals surface area (Å²) in [5.74, 6) is 0.